The fourth-order valence-corrected chi connectivity index (χ4v) is 2.94. The first-order valence-corrected chi connectivity index (χ1v) is 8.18. The van der Waals surface area contributed by atoms with Crippen LogP contribution in [0.1, 0.15) is 20.8 Å². The first kappa shape index (κ1) is 17.5. The molecular formula is C14H21NO5S. The quantitative estimate of drug-likeness (QED) is 0.855. The van der Waals surface area contributed by atoms with E-state index < -0.39 is 33.4 Å². The molecule has 0 fully saturated rings. The fraction of sp³-hybridized carbons (Fsp3) is 0.500. The van der Waals surface area contributed by atoms with Crippen molar-refractivity contribution >= 4 is 15.9 Å². The third-order valence-corrected chi connectivity index (χ3v) is 4.21. The van der Waals surface area contributed by atoms with Gasteiger partial charge in [0.2, 0.25) is 0 Å². The molecule has 1 aromatic rings. The van der Waals surface area contributed by atoms with Gasteiger partial charge in [-0.2, -0.15) is 0 Å². The van der Waals surface area contributed by atoms with Crippen LogP contribution in [-0.2, 0) is 14.6 Å². The third kappa shape index (κ3) is 6.59. The average molecular weight is 315 g/mol. The fourth-order valence-electron chi connectivity index (χ4n) is 1.55. The molecule has 6 nitrogen and oxygen atoms in total. The molecule has 7 heteroatoms. The van der Waals surface area contributed by atoms with Gasteiger partial charge in [0.05, 0.1) is 16.8 Å². The largest absolute Gasteiger partial charge is 0.444 e. The average Bonchev–Trinajstić information content (AvgIpc) is 2.35. The van der Waals surface area contributed by atoms with Crippen molar-refractivity contribution in [3.8, 4) is 0 Å². The van der Waals surface area contributed by atoms with E-state index in [0.717, 1.165) is 0 Å². The Kier molecular flexibility index (Phi) is 5.74. The van der Waals surface area contributed by atoms with Gasteiger partial charge in [-0.1, -0.05) is 18.2 Å². The molecule has 1 amide bonds. The Balaban J connectivity index is 2.51. The lowest BCUT2D eigenvalue weighted by molar-refractivity contribution is 0.0498. The number of aliphatic hydroxyl groups excluding tert-OH is 1. The van der Waals surface area contributed by atoms with Gasteiger partial charge in [-0.25, -0.2) is 13.2 Å². The Morgan fingerprint density at radius 3 is 2.38 bits per heavy atom. The van der Waals surface area contributed by atoms with Gasteiger partial charge in [-0.05, 0) is 32.9 Å². The van der Waals surface area contributed by atoms with Gasteiger partial charge in [-0.3, -0.25) is 0 Å². The molecule has 0 aliphatic rings. The topological polar surface area (TPSA) is 92.7 Å². The van der Waals surface area contributed by atoms with Crippen LogP contribution in [0.3, 0.4) is 0 Å². The smallest absolute Gasteiger partial charge is 0.407 e. The summed E-state index contributed by atoms with van der Waals surface area (Å²) in [4.78, 5) is 11.5. The maximum absolute atomic E-state index is 12.0. The highest BCUT2D eigenvalue weighted by molar-refractivity contribution is 7.91. The number of alkyl carbamates (subject to hydrolysis) is 1. The van der Waals surface area contributed by atoms with Crippen molar-refractivity contribution in [1.29, 1.82) is 0 Å². The molecule has 1 rings (SSSR count). The van der Waals surface area contributed by atoms with E-state index >= 15 is 0 Å². The third-order valence-electron chi connectivity index (χ3n) is 2.40. The lowest BCUT2D eigenvalue weighted by Crippen LogP contribution is -2.39. The second-order valence-electron chi connectivity index (χ2n) is 5.63. The number of carbonyl (C=O) groups excluding carboxylic acids is 1. The van der Waals surface area contributed by atoms with E-state index in [1.165, 1.54) is 12.1 Å². The van der Waals surface area contributed by atoms with E-state index in [4.69, 9.17) is 4.74 Å². The highest BCUT2D eigenvalue weighted by Crippen LogP contribution is 2.11. The number of hydrogen-bond acceptors (Lipinski definition) is 5. The van der Waals surface area contributed by atoms with Crippen LogP contribution >= 0.6 is 0 Å². The monoisotopic (exact) mass is 315 g/mol. The van der Waals surface area contributed by atoms with Crippen LogP contribution in [-0.4, -0.2) is 43.6 Å². The first-order chi connectivity index (χ1) is 9.60. The van der Waals surface area contributed by atoms with Crippen molar-refractivity contribution in [3.05, 3.63) is 30.3 Å². The summed E-state index contributed by atoms with van der Waals surface area (Å²) < 4.78 is 29.0. The Morgan fingerprint density at radius 1 is 1.29 bits per heavy atom. The number of nitrogens with one attached hydrogen (secondary N) is 1. The van der Waals surface area contributed by atoms with Crippen molar-refractivity contribution < 1.29 is 23.1 Å². The van der Waals surface area contributed by atoms with E-state index in [2.05, 4.69) is 5.32 Å². The molecule has 0 aliphatic carbocycles. The molecule has 118 valence electrons. The maximum Gasteiger partial charge on any atom is 0.407 e. The van der Waals surface area contributed by atoms with Crippen molar-refractivity contribution in [2.45, 2.75) is 37.4 Å². The van der Waals surface area contributed by atoms with Crippen LogP contribution in [0.25, 0.3) is 0 Å². The Hall–Kier alpha value is -1.60. The number of amides is 1. The molecule has 0 heterocycles. The zero-order valence-corrected chi connectivity index (χ0v) is 13.2. The summed E-state index contributed by atoms with van der Waals surface area (Å²) in [6, 6.07) is 7.85. The number of aliphatic hydroxyl groups is 1. The zero-order chi connectivity index (χ0) is 16.1. The predicted molar refractivity (Wildman–Crippen MR) is 78.7 cm³/mol. The van der Waals surface area contributed by atoms with Gasteiger partial charge in [-0.15, -0.1) is 0 Å². The highest BCUT2D eigenvalue weighted by atomic mass is 32.2. The molecule has 0 saturated heterocycles. The molecule has 21 heavy (non-hydrogen) atoms. The summed E-state index contributed by atoms with van der Waals surface area (Å²) in [6.07, 6.45) is -1.90. The number of rotatable bonds is 5. The SMILES string of the molecule is CC(C)(C)OC(=O)NCC(O)CS(=O)(=O)c1ccccc1. The summed E-state index contributed by atoms with van der Waals surface area (Å²) in [7, 11) is -3.58. The minimum Gasteiger partial charge on any atom is -0.444 e. The van der Waals surface area contributed by atoms with Gasteiger partial charge < -0.3 is 15.2 Å². The van der Waals surface area contributed by atoms with E-state index in [1.807, 2.05) is 0 Å². The van der Waals surface area contributed by atoms with Gasteiger partial charge >= 0.3 is 6.09 Å². The van der Waals surface area contributed by atoms with Crippen molar-refractivity contribution in [2.24, 2.45) is 0 Å². The van der Waals surface area contributed by atoms with Crippen molar-refractivity contribution in [2.75, 3.05) is 12.3 Å². The second kappa shape index (κ2) is 6.91. The van der Waals surface area contributed by atoms with E-state index in [1.54, 1.807) is 39.0 Å². The Bertz CT molecular complexity index is 563. The number of ether oxygens (including phenoxy) is 1. The van der Waals surface area contributed by atoms with Crippen molar-refractivity contribution in [3.63, 3.8) is 0 Å². The minimum atomic E-state index is -3.58. The zero-order valence-electron chi connectivity index (χ0n) is 12.4. The standard InChI is InChI=1S/C14H21NO5S/c1-14(2,3)20-13(17)15-9-11(16)10-21(18,19)12-7-5-4-6-8-12/h4-8,11,16H,9-10H2,1-3H3,(H,15,17). The molecule has 0 saturated carbocycles. The molecule has 1 atom stereocenters. The lowest BCUT2D eigenvalue weighted by Gasteiger charge is -2.20. The van der Waals surface area contributed by atoms with Gasteiger partial charge in [0.1, 0.15) is 5.60 Å². The summed E-state index contributed by atoms with van der Waals surface area (Å²) >= 11 is 0. The molecule has 1 unspecified atom stereocenters. The minimum absolute atomic E-state index is 0.140. The second-order valence-corrected chi connectivity index (χ2v) is 7.67. The molecule has 0 spiro atoms. The van der Waals surface area contributed by atoms with E-state index in [9.17, 15) is 18.3 Å². The summed E-state index contributed by atoms with van der Waals surface area (Å²) in [6.45, 7) is 4.94. The van der Waals surface area contributed by atoms with Crippen LogP contribution < -0.4 is 5.32 Å². The lowest BCUT2D eigenvalue weighted by atomic mass is 10.2. The molecule has 0 aliphatic heterocycles. The molecule has 1 aromatic carbocycles. The maximum atomic E-state index is 12.0. The highest BCUT2D eigenvalue weighted by Gasteiger charge is 2.21. The van der Waals surface area contributed by atoms with Crippen molar-refractivity contribution in [1.82, 2.24) is 5.32 Å². The van der Waals surface area contributed by atoms with Gasteiger partial charge in [0.25, 0.3) is 0 Å². The normalized spacial score (nSPS) is 13.5. The van der Waals surface area contributed by atoms with Crippen LogP contribution in [0.2, 0.25) is 0 Å². The summed E-state index contributed by atoms with van der Waals surface area (Å²) in [5.74, 6) is -0.465. The molecule has 2 N–H and O–H groups in total. The Labute approximate surface area is 125 Å². The van der Waals surface area contributed by atoms with Crippen LogP contribution in [0.4, 0.5) is 4.79 Å². The number of hydrogen-bond donors (Lipinski definition) is 2. The predicted octanol–water partition coefficient (Wildman–Crippen LogP) is 1.35. The number of sulfone groups is 1. The number of benzene rings is 1. The van der Waals surface area contributed by atoms with Crippen LogP contribution in [0, 0.1) is 0 Å². The molecular weight excluding hydrogens is 294 g/mol. The van der Waals surface area contributed by atoms with E-state index in [-0.39, 0.29) is 11.4 Å². The number of carbonyl (C=O) groups is 1. The molecule has 0 aromatic heterocycles. The molecule has 0 radical (unpaired) electrons. The molecule has 0 bridgehead atoms. The van der Waals surface area contributed by atoms with E-state index in [0.29, 0.717) is 0 Å². The first-order valence-electron chi connectivity index (χ1n) is 6.53. The van der Waals surface area contributed by atoms with Crippen LogP contribution in [0.5, 0.6) is 0 Å². The van der Waals surface area contributed by atoms with Gasteiger partial charge in [0.15, 0.2) is 9.84 Å². The van der Waals surface area contributed by atoms with Gasteiger partial charge in [0, 0.05) is 6.54 Å². The Morgan fingerprint density at radius 2 is 1.86 bits per heavy atom. The summed E-state index contributed by atoms with van der Waals surface area (Å²) in [5, 5.41) is 12.1. The summed E-state index contributed by atoms with van der Waals surface area (Å²) in [5.41, 5.74) is -0.648. The van der Waals surface area contributed by atoms with Crippen LogP contribution in [0.15, 0.2) is 35.2 Å².